The van der Waals surface area contributed by atoms with Gasteiger partial charge in [-0.2, -0.15) is 0 Å². The highest BCUT2D eigenvalue weighted by Gasteiger charge is 2.13. The van der Waals surface area contributed by atoms with E-state index < -0.39 is 0 Å². The summed E-state index contributed by atoms with van der Waals surface area (Å²) in [5.41, 5.74) is 2.75. The van der Waals surface area contributed by atoms with E-state index in [9.17, 15) is 0 Å². The number of nitrogens with zero attached hydrogens (tertiary/aromatic N) is 2. The van der Waals surface area contributed by atoms with E-state index in [4.69, 9.17) is 9.47 Å². The van der Waals surface area contributed by atoms with Gasteiger partial charge in [0.15, 0.2) is 12.8 Å². The molecule has 0 aromatic heterocycles. The molecule has 2 atom stereocenters. The molecule has 0 fully saturated rings. The fourth-order valence-electron chi connectivity index (χ4n) is 2.58. The van der Waals surface area contributed by atoms with Crippen molar-refractivity contribution >= 4 is 12.8 Å². The van der Waals surface area contributed by atoms with Gasteiger partial charge in [-0.25, -0.2) is 0 Å². The van der Waals surface area contributed by atoms with Crippen molar-refractivity contribution in [1.82, 2.24) is 0 Å². The first-order chi connectivity index (χ1) is 9.90. The lowest BCUT2D eigenvalue weighted by atomic mass is 10.0. The molecule has 0 aliphatic carbocycles. The molecule has 0 amide bonds. The van der Waals surface area contributed by atoms with Gasteiger partial charge in [-0.1, -0.05) is 24.3 Å². The zero-order chi connectivity index (χ0) is 13.6. The van der Waals surface area contributed by atoms with Gasteiger partial charge >= 0.3 is 0 Å². The second-order valence-corrected chi connectivity index (χ2v) is 5.35. The van der Waals surface area contributed by atoms with E-state index in [0.717, 1.165) is 38.8 Å². The standard InChI is InChI=1S/C16H20N2O2/c1-2-13(4-6-15-9-17-11-19-15)8-14(3-1)5-7-16-10-18-12-20-16/h1-3,8,11-12,15-16H,4-7,9-10H2. The molecule has 0 N–H and O–H groups in total. The molecule has 2 aliphatic heterocycles. The van der Waals surface area contributed by atoms with Gasteiger partial charge in [0.05, 0.1) is 13.1 Å². The van der Waals surface area contributed by atoms with Crippen LogP contribution in [-0.2, 0) is 22.3 Å². The van der Waals surface area contributed by atoms with Crippen LogP contribution in [0.15, 0.2) is 34.3 Å². The maximum atomic E-state index is 5.40. The summed E-state index contributed by atoms with van der Waals surface area (Å²) in [6, 6.07) is 8.82. The average molecular weight is 272 g/mol. The minimum absolute atomic E-state index is 0.266. The van der Waals surface area contributed by atoms with Crippen LogP contribution in [-0.4, -0.2) is 38.1 Å². The number of hydrogen-bond donors (Lipinski definition) is 0. The molecule has 0 saturated heterocycles. The summed E-state index contributed by atoms with van der Waals surface area (Å²) in [6.07, 6.45) is 7.84. The molecule has 4 heteroatoms. The molecule has 1 aromatic rings. The smallest absolute Gasteiger partial charge is 0.170 e. The highest BCUT2D eigenvalue weighted by molar-refractivity contribution is 5.49. The highest BCUT2D eigenvalue weighted by atomic mass is 16.5. The van der Waals surface area contributed by atoms with Crippen LogP contribution in [0.5, 0.6) is 0 Å². The molecule has 1 aromatic carbocycles. The van der Waals surface area contributed by atoms with Crippen LogP contribution in [0.4, 0.5) is 0 Å². The molecule has 2 unspecified atom stereocenters. The Morgan fingerprint density at radius 2 is 1.45 bits per heavy atom. The van der Waals surface area contributed by atoms with Crippen LogP contribution in [0, 0.1) is 0 Å². The third kappa shape index (κ3) is 3.59. The number of hydrogen-bond acceptors (Lipinski definition) is 4. The quantitative estimate of drug-likeness (QED) is 0.798. The van der Waals surface area contributed by atoms with Crippen molar-refractivity contribution in [2.75, 3.05) is 13.1 Å². The summed E-state index contributed by atoms with van der Waals surface area (Å²) in [5, 5.41) is 0. The van der Waals surface area contributed by atoms with E-state index in [1.807, 2.05) is 0 Å². The zero-order valence-corrected chi connectivity index (χ0v) is 11.6. The number of rotatable bonds is 6. The summed E-state index contributed by atoms with van der Waals surface area (Å²) in [4.78, 5) is 8.19. The Morgan fingerprint density at radius 3 is 1.90 bits per heavy atom. The van der Waals surface area contributed by atoms with Crippen molar-refractivity contribution in [3.8, 4) is 0 Å². The Hall–Kier alpha value is -1.84. The van der Waals surface area contributed by atoms with Crippen molar-refractivity contribution in [1.29, 1.82) is 0 Å². The van der Waals surface area contributed by atoms with Crippen LogP contribution in [0.1, 0.15) is 24.0 Å². The molecule has 0 spiro atoms. The lowest BCUT2D eigenvalue weighted by Crippen LogP contribution is -2.12. The lowest BCUT2D eigenvalue weighted by molar-refractivity contribution is 0.222. The summed E-state index contributed by atoms with van der Waals surface area (Å²) < 4.78 is 10.8. The fraction of sp³-hybridized carbons (Fsp3) is 0.500. The first-order valence-corrected chi connectivity index (χ1v) is 7.25. The van der Waals surface area contributed by atoms with E-state index in [0.29, 0.717) is 0 Å². The number of benzene rings is 1. The van der Waals surface area contributed by atoms with Crippen LogP contribution in [0.25, 0.3) is 0 Å². The second kappa shape index (κ2) is 6.55. The van der Waals surface area contributed by atoms with Gasteiger partial charge in [0.2, 0.25) is 0 Å². The predicted molar refractivity (Wildman–Crippen MR) is 79.5 cm³/mol. The highest BCUT2D eigenvalue weighted by Crippen LogP contribution is 2.15. The second-order valence-electron chi connectivity index (χ2n) is 5.35. The Kier molecular flexibility index (Phi) is 4.31. The first-order valence-electron chi connectivity index (χ1n) is 7.25. The van der Waals surface area contributed by atoms with Gasteiger partial charge in [0, 0.05) is 0 Å². The molecule has 2 heterocycles. The maximum absolute atomic E-state index is 5.40. The van der Waals surface area contributed by atoms with Crippen molar-refractivity contribution < 1.29 is 9.47 Å². The Labute approximate surface area is 119 Å². The minimum Gasteiger partial charge on any atom is -0.478 e. The first kappa shape index (κ1) is 13.2. The zero-order valence-electron chi connectivity index (χ0n) is 11.6. The molecule has 3 rings (SSSR count). The Morgan fingerprint density at radius 1 is 0.900 bits per heavy atom. The molecular weight excluding hydrogens is 252 g/mol. The van der Waals surface area contributed by atoms with E-state index in [2.05, 4.69) is 34.3 Å². The molecule has 0 bridgehead atoms. The van der Waals surface area contributed by atoms with E-state index >= 15 is 0 Å². The molecule has 20 heavy (non-hydrogen) atoms. The molecule has 0 saturated carbocycles. The van der Waals surface area contributed by atoms with Crippen molar-refractivity contribution in [2.24, 2.45) is 9.98 Å². The third-order valence-corrected chi connectivity index (χ3v) is 3.78. The van der Waals surface area contributed by atoms with Gasteiger partial charge in [-0.05, 0) is 36.8 Å². The Balaban J connectivity index is 1.47. The van der Waals surface area contributed by atoms with Crippen LogP contribution in [0.2, 0.25) is 0 Å². The van der Waals surface area contributed by atoms with E-state index in [-0.39, 0.29) is 12.2 Å². The molecule has 2 aliphatic rings. The molecule has 4 nitrogen and oxygen atoms in total. The van der Waals surface area contributed by atoms with E-state index in [1.165, 1.54) is 11.1 Å². The third-order valence-electron chi connectivity index (χ3n) is 3.78. The largest absolute Gasteiger partial charge is 0.478 e. The average Bonchev–Trinajstić information content (AvgIpc) is 3.17. The predicted octanol–water partition coefficient (Wildman–Crippen LogP) is 2.41. The SMILES string of the molecule is C1=NCC(CCc2cccc(CCC3CN=CO3)c2)O1. The number of aryl methyl sites for hydroxylation is 2. The normalized spacial score (nSPS) is 23.8. The van der Waals surface area contributed by atoms with Crippen LogP contribution < -0.4 is 0 Å². The molecular formula is C16H20N2O2. The monoisotopic (exact) mass is 272 g/mol. The fourth-order valence-corrected chi connectivity index (χ4v) is 2.58. The maximum Gasteiger partial charge on any atom is 0.170 e. The van der Waals surface area contributed by atoms with Crippen molar-refractivity contribution in [2.45, 2.75) is 37.9 Å². The van der Waals surface area contributed by atoms with Gasteiger partial charge in [0.25, 0.3) is 0 Å². The lowest BCUT2D eigenvalue weighted by Gasteiger charge is -2.11. The van der Waals surface area contributed by atoms with Gasteiger partial charge < -0.3 is 9.47 Å². The summed E-state index contributed by atoms with van der Waals surface area (Å²) >= 11 is 0. The van der Waals surface area contributed by atoms with Gasteiger partial charge in [-0.3, -0.25) is 9.98 Å². The number of ether oxygens (including phenoxy) is 2. The molecule has 0 radical (unpaired) electrons. The topological polar surface area (TPSA) is 43.2 Å². The summed E-state index contributed by atoms with van der Waals surface area (Å²) in [7, 11) is 0. The molecule has 106 valence electrons. The van der Waals surface area contributed by atoms with Crippen LogP contribution in [0.3, 0.4) is 0 Å². The van der Waals surface area contributed by atoms with Crippen molar-refractivity contribution in [3.63, 3.8) is 0 Å². The van der Waals surface area contributed by atoms with Crippen molar-refractivity contribution in [3.05, 3.63) is 35.4 Å². The number of aliphatic imine (C=N–C) groups is 2. The summed E-state index contributed by atoms with van der Waals surface area (Å²) in [5.74, 6) is 0. The van der Waals surface area contributed by atoms with Crippen LogP contribution >= 0.6 is 0 Å². The van der Waals surface area contributed by atoms with Gasteiger partial charge in [-0.15, -0.1) is 0 Å². The minimum atomic E-state index is 0.266. The van der Waals surface area contributed by atoms with E-state index in [1.54, 1.807) is 12.8 Å². The summed E-state index contributed by atoms with van der Waals surface area (Å²) in [6.45, 7) is 1.61. The van der Waals surface area contributed by atoms with Gasteiger partial charge in [0.1, 0.15) is 12.2 Å². The Bertz CT molecular complexity index is 442.